The van der Waals surface area contributed by atoms with E-state index >= 15 is 0 Å². The molecular formula is C18H23N3O2S2. The van der Waals surface area contributed by atoms with E-state index in [-0.39, 0.29) is 11.8 Å². The van der Waals surface area contributed by atoms with Gasteiger partial charge in [0.15, 0.2) is 5.13 Å². The number of likely N-dealkylation sites (N-methyl/N-ethyl adjacent to an activating group) is 1. The lowest BCUT2D eigenvalue weighted by Crippen LogP contribution is -2.37. The van der Waals surface area contributed by atoms with E-state index < -0.39 is 0 Å². The largest absolute Gasteiger partial charge is 0.342 e. The Morgan fingerprint density at radius 1 is 1.24 bits per heavy atom. The lowest BCUT2D eigenvalue weighted by Gasteiger charge is -2.27. The first-order chi connectivity index (χ1) is 12.1. The van der Waals surface area contributed by atoms with Crippen molar-refractivity contribution in [2.45, 2.75) is 51.0 Å². The van der Waals surface area contributed by atoms with Crippen molar-refractivity contribution in [1.82, 2.24) is 9.88 Å². The summed E-state index contributed by atoms with van der Waals surface area (Å²) < 4.78 is 0. The van der Waals surface area contributed by atoms with Gasteiger partial charge in [0.2, 0.25) is 5.91 Å². The van der Waals surface area contributed by atoms with Gasteiger partial charge in [-0.2, -0.15) is 0 Å². The second-order valence-corrected chi connectivity index (χ2v) is 8.21. The van der Waals surface area contributed by atoms with Crippen molar-refractivity contribution < 1.29 is 9.59 Å². The number of nitrogens with one attached hydrogen (secondary N) is 1. The van der Waals surface area contributed by atoms with E-state index in [1.807, 2.05) is 28.8 Å². The molecule has 0 spiro atoms. The molecule has 0 aliphatic heterocycles. The molecule has 0 aromatic carbocycles. The molecular weight excluding hydrogens is 354 g/mol. The zero-order valence-corrected chi connectivity index (χ0v) is 16.0. The second kappa shape index (κ2) is 8.58. The maximum Gasteiger partial charge on any atom is 0.267 e. The highest BCUT2D eigenvalue weighted by molar-refractivity contribution is 7.14. The van der Waals surface area contributed by atoms with Gasteiger partial charge in [-0.15, -0.1) is 22.7 Å². The van der Waals surface area contributed by atoms with Crippen molar-refractivity contribution in [2.75, 3.05) is 12.4 Å². The van der Waals surface area contributed by atoms with Crippen LogP contribution in [-0.2, 0) is 11.2 Å². The fourth-order valence-electron chi connectivity index (χ4n) is 3.14. The van der Waals surface area contributed by atoms with Crippen LogP contribution in [0.1, 0.15) is 53.9 Å². The van der Waals surface area contributed by atoms with Gasteiger partial charge in [0, 0.05) is 18.5 Å². The molecule has 2 heterocycles. The van der Waals surface area contributed by atoms with E-state index in [4.69, 9.17) is 0 Å². The molecule has 3 rings (SSSR count). The predicted molar refractivity (Wildman–Crippen MR) is 102 cm³/mol. The first kappa shape index (κ1) is 18.1. The van der Waals surface area contributed by atoms with Crippen molar-refractivity contribution in [3.05, 3.63) is 33.5 Å². The van der Waals surface area contributed by atoms with Crippen LogP contribution in [0.15, 0.2) is 22.9 Å². The molecule has 1 fully saturated rings. The maximum atomic E-state index is 12.5. The minimum atomic E-state index is -0.155. The predicted octanol–water partition coefficient (Wildman–Crippen LogP) is 4.18. The van der Waals surface area contributed by atoms with Gasteiger partial charge in [0.1, 0.15) is 0 Å². The third kappa shape index (κ3) is 4.89. The number of hydrogen-bond acceptors (Lipinski definition) is 5. The zero-order chi connectivity index (χ0) is 17.6. The van der Waals surface area contributed by atoms with Crippen LogP contribution in [0.2, 0.25) is 0 Å². The summed E-state index contributed by atoms with van der Waals surface area (Å²) in [6.07, 6.45) is 7.45. The molecule has 2 aromatic heterocycles. The molecule has 2 aromatic rings. The SMILES string of the molecule is CN(C(=O)Cc1csc(NC(=O)c2cccs2)n1)C1CCCCCC1. The number of thiazole rings is 1. The Morgan fingerprint density at radius 2 is 2.00 bits per heavy atom. The summed E-state index contributed by atoms with van der Waals surface area (Å²) in [4.78, 5) is 31.5. The number of hydrogen-bond donors (Lipinski definition) is 1. The van der Waals surface area contributed by atoms with Gasteiger partial charge in [-0.1, -0.05) is 31.7 Å². The van der Waals surface area contributed by atoms with Gasteiger partial charge in [-0.05, 0) is 24.3 Å². The summed E-state index contributed by atoms with van der Waals surface area (Å²) in [6, 6.07) is 3.97. The Balaban J connectivity index is 1.55. The van der Waals surface area contributed by atoms with Crippen molar-refractivity contribution >= 4 is 39.6 Å². The van der Waals surface area contributed by atoms with Crippen LogP contribution >= 0.6 is 22.7 Å². The van der Waals surface area contributed by atoms with E-state index in [9.17, 15) is 9.59 Å². The van der Waals surface area contributed by atoms with Gasteiger partial charge < -0.3 is 4.90 Å². The molecule has 1 saturated carbocycles. The highest BCUT2D eigenvalue weighted by atomic mass is 32.1. The second-order valence-electron chi connectivity index (χ2n) is 6.40. The van der Waals surface area contributed by atoms with Crippen molar-refractivity contribution in [1.29, 1.82) is 0 Å². The van der Waals surface area contributed by atoms with Crippen molar-refractivity contribution in [3.63, 3.8) is 0 Å². The Morgan fingerprint density at radius 3 is 2.68 bits per heavy atom. The number of carbonyl (C=O) groups is 2. The minimum Gasteiger partial charge on any atom is -0.342 e. The minimum absolute atomic E-state index is 0.105. The smallest absolute Gasteiger partial charge is 0.267 e. The fraction of sp³-hybridized carbons (Fsp3) is 0.500. The molecule has 1 aliphatic rings. The van der Waals surface area contributed by atoms with Crippen LogP contribution in [-0.4, -0.2) is 34.8 Å². The van der Waals surface area contributed by atoms with Crippen LogP contribution in [0.3, 0.4) is 0 Å². The molecule has 2 amide bonds. The van der Waals surface area contributed by atoms with Crippen molar-refractivity contribution in [2.24, 2.45) is 0 Å². The number of amides is 2. The van der Waals surface area contributed by atoms with Gasteiger partial charge in [0.05, 0.1) is 17.0 Å². The fourth-order valence-corrected chi connectivity index (χ4v) is 4.46. The van der Waals surface area contributed by atoms with E-state index in [2.05, 4.69) is 10.3 Å². The van der Waals surface area contributed by atoms with Crippen LogP contribution in [0.5, 0.6) is 0 Å². The number of thiophene rings is 1. The van der Waals surface area contributed by atoms with Crippen molar-refractivity contribution in [3.8, 4) is 0 Å². The lowest BCUT2D eigenvalue weighted by molar-refractivity contribution is -0.131. The monoisotopic (exact) mass is 377 g/mol. The van der Waals surface area contributed by atoms with Gasteiger partial charge in [-0.25, -0.2) is 4.98 Å². The Kier molecular flexibility index (Phi) is 6.20. The number of nitrogens with zero attached hydrogens (tertiary/aromatic N) is 2. The summed E-state index contributed by atoms with van der Waals surface area (Å²) in [7, 11) is 1.91. The lowest BCUT2D eigenvalue weighted by atomic mass is 10.1. The Bertz CT molecular complexity index is 704. The molecule has 1 aliphatic carbocycles. The van der Waals surface area contributed by atoms with E-state index in [1.54, 1.807) is 6.07 Å². The molecule has 0 atom stereocenters. The standard InChI is InChI=1S/C18H23N3O2S2/c1-21(14-7-4-2-3-5-8-14)16(22)11-13-12-25-18(19-13)20-17(23)15-9-6-10-24-15/h6,9-10,12,14H,2-5,7-8,11H2,1H3,(H,19,20,23). The molecule has 7 heteroatoms. The third-order valence-electron chi connectivity index (χ3n) is 4.62. The maximum absolute atomic E-state index is 12.5. The highest BCUT2D eigenvalue weighted by Crippen LogP contribution is 2.23. The Labute approximate surface area is 156 Å². The van der Waals surface area contributed by atoms with E-state index in [1.165, 1.54) is 48.4 Å². The molecule has 0 unspecified atom stereocenters. The van der Waals surface area contributed by atoms with Crippen LogP contribution in [0.25, 0.3) is 0 Å². The molecule has 0 radical (unpaired) electrons. The normalized spacial score (nSPS) is 15.6. The highest BCUT2D eigenvalue weighted by Gasteiger charge is 2.22. The average Bonchev–Trinajstić information content (AvgIpc) is 3.21. The van der Waals surface area contributed by atoms with E-state index in [0.717, 1.165) is 18.5 Å². The summed E-state index contributed by atoms with van der Waals surface area (Å²) in [6.45, 7) is 0. The Hall–Kier alpha value is -1.73. The molecule has 5 nitrogen and oxygen atoms in total. The molecule has 0 saturated heterocycles. The van der Waals surface area contributed by atoms with Gasteiger partial charge >= 0.3 is 0 Å². The average molecular weight is 378 g/mol. The first-order valence-corrected chi connectivity index (χ1v) is 10.4. The van der Waals surface area contributed by atoms with Crippen LogP contribution < -0.4 is 5.32 Å². The number of anilines is 1. The first-order valence-electron chi connectivity index (χ1n) is 8.68. The van der Waals surface area contributed by atoms with Crippen LogP contribution in [0, 0.1) is 0 Å². The summed E-state index contributed by atoms with van der Waals surface area (Å²) in [5, 5.41) is 7.05. The van der Waals surface area contributed by atoms with Crippen LogP contribution in [0.4, 0.5) is 5.13 Å². The number of carbonyl (C=O) groups excluding carboxylic acids is 2. The molecule has 25 heavy (non-hydrogen) atoms. The van der Waals surface area contributed by atoms with E-state index in [0.29, 0.717) is 22.5 Å². The van der Waals surface area contributed by atoms with Gasteiger partial charge in [-0.3, -0.25) is 14.9 Å². The number of aromatic nitrogens is 1. The molecule has 1 N–H and O–H groups in total. The topological polar surface area (TPSA) is 62.3 Å². The van der Waals surface area contributed by atoms with Gasteiger partial charge in [0.25, 0.3) is 5.91 Å². The summed E-state index contributed by atoms with van der Waals surface area (Å²) in [5.41, 5.74) is 0.719. The summed E-state index contributed by atoms with van der Waals surface area (Å²) in [5.74, 6) is -0.0499. The number of rotatable bonds is 5. The molecule has 134 valence electrons. The molecule has 0 bridgehead atoms. The quantitative estimate of drug-likeness (QED) is 0.795. The zero-order valence-electron chi connectivity index (χ0n) is 14.4. The summed E-state index contributed by atoms with van der Waals surface area (Å²) >= 11 is 2.75. The third-order valence-corrected chi connectivity index (χ3v) is 6.29.